The number of hydrogen-bond donors (Lipinski definition) is 2. The van der Waals surface area contributed by atoms with Crippen molar-refractivity contribution in [3.05, 3.63) is 0 Å². The van der Waals surface area contributed by atoms with Gasteiger partial charge in [-0.05, 0) is 5.92 Å². The Morgan fingerprint density at radius 1 is 1.25 bits per heavy atom. The summed E-state index contributed by atoms with van der Waals surface area (Å²) in [6, 6.07) is -1.33. The molecule has 0 aliphatic carbocycles. The predicted molar refractivity (Wildman–Crippen MR) is 58.0 cm³/mol. The number of hydrogen-bond acceptors (Lipinski definition) is 5. The zero-order valence-electron chi connectivity index (χ0n) is 9.17. The van der Waals surface area contributed by atoms with Crippen LogP contribution < -0.4 is 4.72 Å². The van der Waals surface area contributed by atoms with Crippen LogP contribution in [0.1, 0.15) is 13.8 Å². The fraction of sp³-hybridized carbons (Fsp3) is 0.857. The summed E-state index contributed by atoms with van der Waals surface area (Å²) in [5.41, 5.74) is 0. The highest BCUT2D eigenvalue weighted by molar-refractivity contribution is 8.06. The first kappa shape index (κ1) is 15.3. The van der Waals surface area contributed by atoms with Gasteiger partial charge in [-0.2, -0.15) is 4.72 Å². The Kier molecular flexibility index (Phi) is 4.89. The molecule has 0 aromatic heterocycles. The lowest BCUT2D eigenvalue weighted by molar-refractivity contribution is -0.140. The van der Waals surface area contributed by atoms with Gasteiger partial charge >= 0.3 is 5.97 Å². The van der Waals surface area contributed by atoms with Crippen molar-refractivity contribution >= 4 is 25.8 Å². The monoisotopic (exact) mass is 273 g/mol. The summed E-state index contributed by atoms with van der Waals surface area (Å²) < 4.78 is 46.1. The average Bonchev–Trinajstić information content (AvgIpc) is 1.94. The molecule has 0 aromatic rings. The Morgan fingerprint density at radius 3 is 1.94 bits per heavy atom. The first-order valence-corrected chi connectivity index (χ1v) is 8.06. The van der Waals surface area contributed by atoms with Crippen molar-refractivity contribution in [2.45, 2.75) is 19.9 Å². The van der Waals surface area contributed by atoms with E-state index in [0.29, 0.717) is 0 Å². The molecule has 7 nitrogen and oxygen atoms in total. The minimum Gasteiger partial charge on any atom is -0.480 e. The zero-order valence-corrected chi connectivity index (χ0v) is 10.8. The summed E-state index contributed by atoms with van der Waals surface area (Å²) >= 11 is 0. The molecule has 0 heterocycles. The highest BCUT2D eigenvalue weighted by Crippen LogP contribution is 2.04. The molecular formula is C7H15NO6S2. The maximum Gasteiger partial charge on any atom is 0.321 e. The Labute approximate surface area is 94.8 Å². The lowest BCUT2D eigenvalue weighted by Gasteiger charge is -2.17. The van der Waals surface area contributed by atoms with E-state index >= 15 is 0 Å². The zero-order chi connectivity index (χ0) is 13.1. The highest BCUT2D eigenvalue weighted by Gasteiger charge is 2.28. The van der Waals surface area contributed by atoms with Crippen LogP contribution in [0.3, 0.4) is 0 Å². The Bertz CT molecular complexity index is 449. The quantitative estimate of drug-likeness (QED) is 0.642. The van der Waals surface area contributed by atoms with Gasteiger partial charge in [0.25, 0.3) is 0 Å². The van der Waals surface area contributed by atoms with Crippen LogP contribution in [0, 0.1) is 5.92 Å². The molecule has 0 aromatic carbocycles. The van der Waals surface area contributed by atoms with Gasteiger partial charge < -0.3 is 5.11 Å². The first-order valence-electron chi connectivity index (χ1n) is 4.35. The summed E-state index contributed by atoms with van der Waals surface area (Å²) in [6.45, 7) is 3.03. The van der Waals surface area contributed by atoms with Gasteiger partial charge in [-0.25, -0.2) is 16.8 Å². The van der Waals surface area contributed by atoms with E-state index in [0.717, 1.165) is 6.26 Å². The Morgan fingerprint density at radius 2 is 1.69 bits per heavy atom. The molecule has 0 amide bonds. The van der Waals surface area contributed by atoms with Crippen molar-refractivity contribution in [2.24, 2.45) is 5.92 Å². The molecule has 9 heteroatoms. The van der Waals surface area contributed by atoms with Gasteiger partial charge in [0, 0.05) is 6.26 Å². The van der Waals surface area contributed by atoms with E-state index in [2.05, 4.69) is 0 Å². The standard InChI is InChI=1S/C7H15NO6S2/c1-5(2)6(7(9)10)8-16(13,14)4-15(3,11)12/h5-6,8H,4H2,1-3H3,(H,9,10)/t6-/m1/s1. The van der Waals surface area contributed by atoms with E-state index in [-0.39, 0.29) is 0 Å². The minimum atomic E-state index is -4.15. The van der Waals surface area contributed by atoms with Crippen LogP contribution in [0.15, 0.2) is 0 Å². The van der Waals surface area contributed by atoms with Crippen LogP contribution in [0.25, 0.3) is 0 Å². The molecule has 2 N–H and O–H groups in total. The van der Waals surface area contributed by atoms with E-state index in [4.69, 9.17) is 5.11 Å². The van der Waals surface area contributed by atoms with Crippen LogP contribution >= 0.6 is 0 Å². The van der Waals surface area contributed by atoms with Crippen molar-refractivity contribution in [2.75, 3.05) is 11.3 Å². The Balaban J connectivity index is 4.89. The molecule has 0 radical (unpaired) electrons. The van der Waals surface area contributed by atoms with E-state index < -0.39 is 42.9 Å². The number of carboxylic acids is 1. The molecule has 0 unspecified atom stereocenters. The van der Waals surface area contributed by atoms with Crippen LogP contribution in [0.2, 0.25) is 0 Å². The fourth-order valence-electron chi connectivity index (χ4n) is 0.981. The summed E-state index contributed by atoms with van der Waals surface area (Å²) in [6.07, 6.45) is 0.761. The first-order chi connectivity index (χ1) is 6.94. The lowest BCUT2D eigenvalue weighted by atomic mass is 10.1. The molecule has 1 atom stereocenters. The van der Waals surface area contributed by atoms with Crippen molar-refractivity contribution in [1.82, 2.24) is 4.72 Å². The van der Waals surface area contributed by atoms with E-state index in [1.165, 1.54) is 13.8 Å². The number of rotatable bonds is 6. The molecule has 0 rings (SSSR count). The molecule has 0 bridgehead atoms. The van der Waals surface area contributed by atoms with E-state index in [9.17, 15) is 21.6 Å². The summed E-state index contributed by atoms with van der Waals surface area (Å²) in [5, 5.41) is 7.61. The molecule has 96 valence electrons. The second-order valence-corrected chi connectivity index (χ2v) is 8.10. The summed E-state index contributed by atoms with van der Waals surface area (Å²) in [5.74, 6) is -1.82. The largest absolute Gasteiger partial charge is 0.480 e. The van der Waals surface area contributed by atoms with Crippen molar-refractivity contribution in [1.29, 1.82) is 0 Å². The van der Waals surface area contributed by atoms with Crippen LogP contribution in [-0.4, -0.2) is 45.3 Å². The number of aliphatic carboxylic acids is 1. The molecule has 0 aliphatic rings. The third-order valence-electron chi connectivity index (χ3n) is 1.61. The normalized spacial score (nSPS) is 15.0. The third-order valence-corrected chi connectivity index (χ3v) is 5.18. The third kappa shape index (κ3) is 6.03. The molecule has 0 saturated heterocycles. The molecule has 16 heavy (non-hydrogen) atoms. The predicted octanol–water partition coefficient (Wildman–Crippen LogP) is -0.983. The number of sulfone groups is 1. The summed E-state index contributed by atoms with van der Waals surface area (Å²) in [4.78, 5) is 10.7. The van der Waals surface area contributed by atoms with E-state index in [1.807, 2.05) is 4.72 Å². The number of carbonyl (C=O) groups is 1. The lowest BCUT2D eigenvalue weighted by Crippen LogP contribution is -2.45. The van der Waals surface area contributed by atoms with Crippen LogP contribution in [0.4, 0.5) is 0 Å². The average molecular weight is 273 g/mol. The van der Waals surface area contributed by atoms with Crippen LogP contribution in [-0.2, 0) is 24.7 Å². The summed E-state index contributed by atoms with van der Waals surface area (Å²) in [7, 11) is -7.87. The van der Waals surface area contributed by atoms with Gasteiger partial charge in [-0.3, -0.25) is 4.79 Å². The van der Waals surface area contributed by atoms with Crippen molar-refractivity contribution in [3.8, 4) is 0 Å². The molecule has 0 saturated carbocycles. The molecular weight excluding hydrogens is 258 g/mol. The smallest absolute Gasteiger partial charge is 0.321 e. The van der Waals surface area contributed by atoms with Gasteiger partial charge in [0.2, 0.25) is 10.0 Å². The molecule has 0 fully saturated rings. The van der Waals surface area contributed by atoms with Crippen molar-refractivity contribution in [3.63, 3.8) is 0 Å². The SMILES string of the molecule is CC(C)[C@@H](NS(=O)(=O)CS(C)(=O)=O)C(=O)O. The van der Waals surface area contributed by atoms with Gasteiger partial charge in [0.05, 0.1) is 0 Å². The highest BCUT2D eigenvalue weighted by atomic mass is 32.3. The second-order valence-electron chi connectivity index (χ2n) is 3.84. The number of sulfonamides is 1. The van der Waals surface area contributed by atoms with Gasteiger partial charge in [-0.1, -0.05) is 13.8 Å². The van der Waals surface area contributed by atoms with Gasteiger partial charge in [0.15, 0.2) is 14.9 Å². The minimum absolute atomic E-state index is 0.480. The fourth-order valence-corrected chi connectivity index (χ4v) is 4.27. The van der Waals surface area contributed by atoms with E-state index in [1.54, 1.807) is 0 Å². The molecule has 0 spiro atoms. The molecule has 0 aliphatic heterocycles. The second kappa shape index (κ2) is 5.11. The number of nitrogens with one attached hydrogen (secondary N) is 1. The van der Waals surface area contributed by atoms with Gasteiger partial charge in [-0.15, -0.1) is 0 Å². The maximum absolute atomic E-state index is 11.3. The van der Waals surface area contributed by atoms with Crippen molar-refractivity contribution < 1.29 is 26.7 Å². The Hall–Kier alpha value is -0.670. The maximum atomic E-state index is 11.3. The number of carboxylic acid groups (broad SMARTS) is 1. The van der Waals surface area contributed by atoms with Gasteiger partial charge in [0.1, 0.15) is 6.04 Å². The topological polar surface area (TPSA) is 118 Å². The van der Waals surface area contributed by atoms with Crippen LogP contribution in [0.5, 0.6) is 0 Å².